The molecule has 2 aliphatic rings. The first-order valence-corrected chi connectivity index (χ1v) is 8.03. The van der Waals surface area contributed by atoms with Crippen LogP contribution in [-0.2, 0) is 13.0 Å². The van der Waals surface area contributed by atoms with Gasteiger partial charge < -0.3 is 9.88 Å². The maximum absolute atomic E-state index is 4.37. The van der Waals surface area contributed by atoms with Crippen molar-refractivity contribution in [2.24, 2.45) is 0 Å². The molecule has 100 valence electrons. The van der Waals surface area contributed by atoms with Gasteiger partial charge in [0.25, 0.3) is 0 Å². The lowest BCUT2D eigenvalue weighted by atomic mass is 10.2. The third-order valence-corrected chi connectivity index (χ3v) is 4.74. The minimum Gasteiger partial charge on any atom is -0.313 e. The van der Waals surface area contributed by atoms with Crippen molar-refractivity contribution in [3.8, 4) is 0 Å². The Hall–Kier alpha value is -0.550. The molecule has 1 aromatic heterocycles. The van der Waals surface area contributed by atoms with Crippen LogP contribution in [0.15, 0.2) is 5.16 Å². The second-order valence-electron chi connectivity index (χ2n) is 5.47. The lowest BCUT2D eigenvalue weighted by Gasteiger charge is -2.12. The van der Waals surface area contributed by atoms with Gasteiger partial charge in [0, 0.05) is 30.8 Å². The number of nitrogens with zero attached hydrogens (tertiary/aromatic N) is 3. The van der Waals surface area contributed by atoms with Crippen LogP contribution < -0.4 is 5.32 Å². The average molecular weight is 266 g/mol. The van der Waals surface area contributed by atoms with E-state index in [0.717, 1.165) is 30.7 Å². The van der Waals surface area contributed by atoms with Crippen LogP contribution in [0.3, 0.4) is 0 Å². The summed E-state index contributed by atoms with van der Waals surface area (Å²) in [6, 6.07) is 0.795. The Morgan fingerprint density at radius 1 is 1.33 bits per heavy atom. The summed E-state index contributed by atoms with van der Waals surface area (Å²) < 4.78 is 2.34. The normalized spacial score (nSPS) is 21.4. The van der Waals surface area contributed by atoms with Crippen molar-refractivity contribution in [3.05, 3.63) is 5.82 Å². The second-order valence-corrected chi connectivity index (χ2v) is 6.88. The van der Waals surface area contributed by atoms with Crippen molar-refractivity contribution in [2.75, 3.05) is 6.54 Å². The number of nitrogens with one attached hydrogen (secondary N) is 1. The van der Waals surface area contributed by atoms with Gasteiger partial charge in [-0.2, -0.15) is 0 Å². The Morgan fingerprint density at radius 2 is 2.22 bits per heavy atom. The Balaban J connectivity index is 1.59. The summed E-state index contributed by atoms with van der Waals surface area (Å²) in [7, 11) is 0. The molecule has 4 nitrogen and oxygen atoms in total. The zero-order valence-electron chi connectivity index (χ0n) is 11.1. The van der Waals surface area contributed by atoms with E-state index in [2.05, 4.69) is 27.0 Å². The van der Waals surface area contributed by atoms with E-state index in [9.17, 15) is 0 Å². The minimum absolute atomic E-state index is 0.571. The molecule has 1 saturated carbocycles. The molecular weight excluding hydrogens is 244 g/mol. The third-order valence-electron chi connectivity index (χ3n) is 3.65. The molecule has 1 aliphatic carbocycles. The average Bonchev–Trinajstić information content (AvgIpc) is 3.16. The van der Waals surface area contributed by atoms with E-state index in [4.69, 9.17) is 0 Å². The number of hydrogen-bond donors (Lipinski definition) is 1. The molecular formula is C13H22N4S. The Labute approximate surface area is 113 Å². The Morgan fingerprint density at radius 3 is 3.06 bits per heavy atom. The van der Waals surface area contributed by atoms with Crippen LogP contribution in [0.4, 0.5) is 0 Å². The first kappa shape index (κ1) is 12.5. The van der Waals surface area contributed by atoms with Gasteiger partial charge in [0.1, 0.15) is 5.82 Å². The van der Waals surface area contributed by atoms with E-state index in [1.807, 2.05) is 11.8 Å². The summed E-state index contributed by atoms with van der Waals surface area (Å²) in [5.41, 5.74) is 0. The van der Waals surface area contributed by atoms with Gasteiger partial charge in [-0.1, -0.05) is 25.1 Å². The van der Waals surface area contributed by atoms with Gasteiger partial charge in [-0.25, -0.2) is 0 Å². The van der Waals surface area contributed by atoms with E-state index in [-0.39, 0.29) is 0 Å². The van der Waals surface area contributed by atoms with E-state index < -0.39 is 0 Å². The predicted octanol–water partition coefficient (Wildman–Crippen LogP) is 2.24. The largest absolute Gasteiger partial charge is 0.313 e. The van der Waals surface area contributed by atoms with Gasteiger partial charge in [-0.05, 0) is 25.7 Å². The molecule has 2 heterocycles. The molecule has 1 unspecified atom stereocenters. The highest BCUT2D eigenvalue weighted by molar-refractivity contribution is 7.99. The molecule has 0 amide bonds. The summed E-state index contributed by atoms with van der Waals surface area (Å²) in [6.45, 7) is 4.46. The molecule has 1 N–H and O–H groups in total. The first-order valence-electron chi connectivity index (χ1n) is 7.15. The third kappa shape index (κ3) is 3.06. The number of aromatic nitrogens is 3. The quantitative estimate of drug-likeness (QED) is 0.830. The van der Waals surface area contributed by atoms with E-state index in [0.29, 0.717) is 5.25 Å². The molecule has 1 aromatic rings. The summed E-state index contributed by atoms with van der Waals surface area (Å²) in [5, 5.41) is 14.0. The predicted molar refractivity (Wildman–Crippen MR) is 73.9 cm³/mol. The van der Waals surface area contributed by atoms with Gasteiger partial charge in [-0.15, -0.1) is 10.2 Å². The van der Waals surface area contributed by atoms with Crippen LogP contribution in [-0.4, -0.2) is 32.6 Å². The van der Waals surface area contributed by atoms with Gasteiger partial charge in [-0.3, -0.25) is 0 Å². The lowest BCUT2D eigenvalue weighted by molar-refractivity contribution is 0.589. The van der Waals surface area contributed by atoms with Crippen molar-refractivity contribution in [2.45, 2.75) is 68.4 Å². The summed E-state index contributed by atoms with van der Waals surface area (Å²) in [6.07, 6.45) is 7.68. The van der Waals surface area contributed by atoms with Crippen LogP contribution >= 0.6 is 11.8 Å². The van der Waals surface area contributed by atoms with Crippen LogP contribution in [0.25, 0.3) is 0 Å². The Kier molecular flexibility index (Phi) is 3.89. The monoisotopic (exact) mass is 266 g/mol. The number of fused-ring (bicyclic) bond motifs is 1. The number of aryl methyl sites for hydroxylation is 1. The molecule has 5 heteroatoms. The van der Waals surface area contributed by atoms with Gasteiger partial charge in [0.2, 0.25) is 0 Å². The standard InChI is InChI=1S/C13H22N4S/c1-10(9-14-11-6-7-11)18-13-16-15-12-5-3-2-4-8-17(12)13/h10-11,14H,2-9H2,1H3. The molecule has 0 aromatic carbocycles. The first-order chi connectivity index (χ1) is 8.83. The van der Waals surface area contributed by atoms with Crippen molar-refractivity contribution >= 4 is 11.8 Å². The van der Waals surface area contributed by atoms with E-state index in [1.54, 1.807) is 0 Å². The van der Waals surface area contributed by atoms with Crippen molar-refractivity contribution in [1.82, 2.24) is 20.1 Å². The molecule has 1 aliphatic heterocycles. The van der Waals surface area contributed by atoms with Crippen molar-refractivity contribution in [1.29, 1.82) is 0 Å². The highest BCUT2D eigenvalue weighted by Crippen LogP contribution is 2.26. The molecule has 0 radical (unpaired) electrons. The molecule has 0 spiro atoms. The van der Waals surface area contributed by atoms with Crippen LogP contribution in [0.5, 0.6) is 0 Å². The van der Waals surface area contributed by atoms with E-state index in [1.165, 1.54) is 37.9 Å². The minimum atomic E-state index is 0.571. The zero-order valence-corrected chi connectivity index (χ0v) is 11.9. The van der Waals surface area contributed by atoms with Crippen molar-refractivity contribution in [3.63, 3.8) is 0 Å². The van der Waals surface area contributed by atoms with Crippen LogP contribution in [0.2, 0.25) is 0 Å². The maximum atomic E-state index is 4.37. The fraction of sp³-hybridized carbons (Fsp3) is 0.846. The summed E-state index contributed by atoms with van der Waals surface area (Å²) in [4.78, 5) is 0. The van der Waals surface area contributed by atoms with Gasteiger partial charge >= 0.3 is 0 Å². The molecule has 0 bridgehead atoms. The summed E-state index contributed by atoms with van der Waals surface area (Å²) in [5.74, 6) is 1.19. The Bertz CT molecular complexity index is 400. The molecule has 3 rings (SSSR count). The van der Waals surface area contributed by atoms with Gasteiger partial charge in [0.05, 0.1) is 0 Å². The molecule has 18 heavy (non-hydrogen) atoms. The van der Waals surface area contributed by atoms with Crippen LogP contribution in [0.1, 0.15) is 44.9 Å². The zero-order chi connectivity index (χ0) is 12.4. The number of thioether (sulfide) groups is 1. The van der Waals surface area contributed by atoms with Gasteiger partial charge in [0.15, 0.2) is 5.16 Å². The molecule has 1 fully saturated rings. The lowest BCUT2D eigenvalue weighted by Crippen LogP contribution is -2.24. The fourth-order valence-electron chi connectivity index (χ4n) is 2.39. The van der Waals surface area contributed by atoms with Crippen LogP contribution in [0, 0.1) is 0 Å². The second kappa shape index (κ2) is 5.61. The topological polar surface area (TPSA) is 42.7 Å². The van der Waals surface area contributed by atoms with Crippen molar-refractivity contribution < 1.29 is 0 Å². The highest BCUT2D eigenvalue weighted by Gasteiger charge is 2.22. The highest BCUT2D eigenvalue weighted by atomic mass is 32.2. The smallest absolute Gasteiger partial charge is 0.191 e. The fourth-order valence-corrected chi connectivity index (χ4v) is 3.34. The SMILES string of the molecule is CC(CNC1CC1)Sc1nnc2n1CCCCC2. The maximum Gasteiger partial charge on any atom is 0.191 e. The number of hydrogen-bond acceptors (Lipinski definition) is 4. The molecule has 0 saturated heterocycles. The van der Waals surface area contributed by atoms with E-state index >= 15 is 0 Å². The summed E-state index contributed by atoms with van der Waals surface area (Å²) >= 11 is 1.87. The number of rotatable bonds is 5. The molecule has 1 atom stereocenters.